The van der Waals surface area contributed by atoms with E-state index in [0.29, 0.717) is 25.9 Å². The van der Waals surface area contributed by atoms with Gasteiger partial charge in [-0.2, -0.15) is 0 Å². The number of nitrogens with zero attached hydrogens (tertiary/aromatic N) is 1. The minimum Gasteiger partial charge on any atom is -0.444 e. The van der Waals surface area contributed by atoms with Crippen molar-refractivity contribution in [2.45, 2.75) is 51.6 Å². The van der Waals surface area contributed by atoms with E-state index in [2.05, 4.69) is 5.32 Å². The molecule has 0 saturated carbocycles. The van der Waals surface area contributed by atoms with Crippen LogP contribution in [0.5, 0.6) is 0 Å². The number of ether oxygens (including phenoxy) is 1. The van der Waals surface area contributed by atoms with Crippen molar-refractivity contribution < 1.29 is 14.3 Å². The van der Waals surface area contributed by atoms with E-state index >= 15 is 0 Å². The van der Waals surface area contributed by atoms with E-state index in [9.17, 15) is 9.59 Å². The predicted octanol–water partition coefficient (Wildman–Crippen LogP) is 3.22. The molecule has 1 spiro atoms. The summed E-state index contributed by atoms with van der Waals surface area (Å²) in [7, 11) is 0. The Morgan fingerprint density at radius 2 is 1.91 bits per heavy atom. The van der Waals surface area contributed by atoms with Crippen LogP contribution in [0.4, 0.5) is 10.5 Å². The Morgan fingerprint density at radius 3 is 2.52 bits per heavy atom. The Kier molecular flexibility index (Phi) is 3.62. The molecule has 1 fully saturated rings. The number of hydrogen-bond acceptors (Lipinski definition) is 3. The topological polar surface area (TPSA) is 58.6 Å². The summed E-state index contributed by atoms with van der Waals surface area (Å²) < 4.78 is 5.43. The molecule has 0 unspecified atom stereocenters. The molecule has 0 atom stereocenters. The number of para-hydroxylation sites is 1. The molecule has 2 heterocycles. The van der Waals surface area contributed by atoms with E-state index in [0.717, 1.165) is 16.8 Å². The quantitative estimate of drug-likeness (QED) is 0.799. The lowest BCUT2D eigenvalue weighted by molar-refractivity contribution is -0.122. The van der Waals surface area contributed by atoms with Crippen LogP contribution in [0, 0.1) is 6.92 Å². The molecule has 5 heteroatoms. The lowest BCUT2D eigenvalue weighted by atomic mass is 9.73. The molecule has 0 radical (unpaired) electrons. The molecule has 0 aliphatic carbocycles. The zero-order valence-corrected chi connectivity index (χ0v) is 14.2. The second-order valence-electron chi connectivity index (χ2n) is 7.50. The van der Waals surface area contributed by atoms with Crippen LogP contribution in [0.15, 0.2) is 18.2 Å². The number of rotatable bonds is 0. The molecule has 0 aromatic heterocycles. The Bertz CT molecular complexity index is 653. The largest absolute Gasteiger partial charge is 0.444 e. The smallest absolute Gasteiger partial charge is 0.410 e. The molecule has 2 amide bonds. The number of carbonyl (C=O) groups is 2. The third-order valence-corrected chi connectivity index (χ3v) is 4.73. The molecule has 1 N–H and O–H groups in total. The van der Waals surface area contributed by atoms with Crippen LogP contribution in [0.3, 0.4) is 0 Å². The van der Waals surface area contributed by atoms with Crippen molar-refractivity contribution in [2.75, 3.05) is 18.4 Å². The van der Waals surface area contributed by atoms with Crippen LogP contribution in [-0.4, -0.2) is 35.6 Å². The van der Waals surface area contributed by atoms with E-state index in [1.54, 1.807) is 4.90 Å². The van der Waals surface area contributed by atoms with Gasteiger partial charge in [0.2, 0.25) is 5.91 Å². The summed E-state index contributed by atoms with van der Waals surface area (Å²) >= 11 is 0. The maximum Gasteiger partial charge on any atom is 0.410 e. The maximum absolute atomic E-state index is 12.6. The van der Waals surface area contributed by atoms with E-state index in [1.165, 1.54) is 0 Å². The van der Waals surface area contributed by atoms with E-state index < -0.39 is 11.0 Å². The molecule has 5 nitrogen and oxygen atoms in total. The predicted molar refractivity (Wildman–Crippen MR) is 88.5 cm³/mol. The lowest BCUT2D eigenvalue weighted by Gasteiger charge is -2.38. The first-order valence-corrected chi connectivity index (χ1v) is 8.12. The average molecular weight is 316 g/mol. The summed E-state index contributed by atoms with van der Waals surface area (Å²) in [5.41, 5.74) is 2.11. The number of nitrogens with one attached hydrogen (secondary N) is 1. The lowest BCUT2D eigenvalue weighted by Crippen LogP contribution is -2.49. The molecule has 1 aromatic carbocycles. The van der Waals surface area contributed by atoms with Crippen molar-refractivity contribution >= 4 is 17.7 Å². The summed E-state index contributed by atoms with van der Waals surface area (Å²) in [5, 5.41) is 3.03. The van der Waals surface area contributed by atoms with Crippen molar-refractivity contribution in [2.24, 2.45) is 0 Å². The van der Waals surface area contributed by atoms with Gasteiger partial charge in [0.15, 0.2) is 0 Å². The van der Waals surface area contributed by atoms with Gasteiger partial charge in [-0.1, -0.05) is 18.2 Å². The first-order chi connectivity index (χ1) is 10.7. The minimum atomic E-state index is -0.500. The van der Waals surface area contributed by atoms with Gasteiger partial charge in [0.25, 0.3) is 0 Å². The third kappa shape index (κ3) is 2.69. The van der Waals surface area contributed by atoms with Gasteiger partial charge >= 0.3 is 6.09 Å². The fourth-order valence-electron chi connectivity index (χ4n) is 3.48. The molecule has 1 aromatic rings. The SMILES string of the molecule is Cc1cccc2c1NC(=O)C21CCN(C(=O)OC(C)(C)C)CC1. The van der Waals surface area contributed by atoms with Crippen LogP contribution >= 0.6 is 0 Å². The molecule has 2 aliphatic heterocycles. The van der Waals surface area contributed by atoms with Gasteiger partial charge in [-0.15, -0.1) is 0 Å². The van der Waals surface area contributed by atoms with Gasteiger partial charge in [-0.3, -0.25) is 4.79 Å². The minimum absolute atomic E-state index is 0.0608. The second kappa shape index (κ2) is 5.25. The van der Waals surface area contributed by atoms with Crippen LogP contribution in [0.1, 0.15) is 44.7 Å². The molecular weight excluding hydrogens is 292 g/mol. The first kappa shape index (κ1) is 15.8. The number of carbonyl (C=O) groups excluding carboxylic acids is 2. The van der Waals surface area contributed by atoms with Crippen molar-refractivity contribution in [1.29, 1.82) is 0 Å². The number of likely N-dealkylation sites (tertiary alicyclic amines) is 1. The highest BCUT2D eigenvalue weighted by Gasteiger charge is 2.49. The van der Waals surface area contributed by atoms with Gasteiger partial charge in [0.05, 0.1) is 5.41 Å². The molecule has 0 bridgehead atoms. The number of aryl methyl sites for hydroxylation is 1. The Labute approximate surface area is 137 Å². The number of hydrogen-bond donors (Lipinski definition) is 1. The molecule has 3 rings (SSSR count). The summed E-state index contributed by atoms with van der Waals surface area (Å²) in [6, 6.07) is 6.04. The highest BCUT2D eigenvalue weighted by molar-refractivity contribution is 6.07. The van der Waals surface area contributed by atoms with Gasteiger partial charge in [0.1, 0.15) is 5.60 Å². The number of amides is 2. The van der Waals surface area contributed by atoms with E-state index in [-0.39, 0.29) is 12.0 Å². The van der Waals surface area contributed by atoms with E-state index in [1.807, 2.05) is 45.9 Å². The fraction of sp³-hybridized carbons (Fsp3) is 0.556. The Hall–Kier alpha value is -2.04. The molecule has 23 heavy (non-hydrogen) atoms. The van der Waals surface area contributed by atoms with Gasteiger partial charge in [-0.25, -0.2) is 4.79 Å². The average Bonchev–Trinajstić information content (AvgIpc) is 2.73. The third-order valence-electron chi connectivity index (χ3n) is 4.73. The summed E-state index contributed by atoms with van der Waals surface area (Å²) in [5.74, 6) is 0.0608. The zero-order chi connectivity index (χ0) is 16.8. The highest BCUT2D eigenvalue weighted by atomic mass is 16.6. The standard InChI is InChI=1S/C18H24N2O3/c1-12-6-5-7-13-14(12)19-15(21)18(13)8-10-20(11-9-18)16(22)23-17(2,3)4/h5-7H,8-11H2,1-4H3,(H,19,21). The van der Waals surface area contributed by atoms with Gasteiger partial charge in [-0.05, 0) is 51.7 Å². The normalized spacial score (nSPS) is 19.5. The van der Waals surface area contributed by atoms with Crippen LogP contribution < -0.4 is 5.32 Å². The van der Waals surface area contributed by atoms with Gasteiger partial charge in [0, 0.05) is 18.8 Å². The molecule has 2 aliphatic rings. The number of anilines is 1. The summed E-state index contributed by atoms with van der Waals surface area (Å²) in [6.07, 6.45) is 0.971. The molecule has 1 saturated heterocycles. The monoisotopic (exact) mass is 316 g/mol. The maximum atomic E-state index is 12.6. The van der Waals surface area contributed by atoms with E-state index in [4.69, 9.17) is 4.74 Å². The number of piperidine rings is 1. The first-order valence-electron chi connectivity index (χ1n) is 8.12. The highest BCUT2D eigenvalue weighted by Crippen LogP contribution is 2.46. The van der Waals surface area contributed by atoms with Crippen molar-refractivity contribution in [3.63, 3.8) is 0 Å². The van der Waals surface area contributed by atoms with Crippen LogP contribution in [0.25, 0.3) is 0 Å². The van der Waals surface area contributed by atoms with Crippen molar-refractivity contribution in [3.05, 3.63) is 29.3 Å². The molecular formula is C18H24N2O3. The van der Waals surface area contributed by atoms with Crippen molar-refractivity contribution in [3.8, 4) is 0 Å². The molecule has 124 valence electrons. The number of benzene rings is 1. The Morgan fingerprint density at radius 1 is 1.26 bits per heavy atom. The Balaban J connectivity index is 1.78. The zero-order valence-electron chi connectivity index (χ0n) is 14.2. The van der Waals surface area contributed by atoms with Crippen LogP contribution in [-0.2, 0) is 14.9 Å². The summed E-state index contributed by atoms with van der Waals surface area (Å²) in [6.45, 7) is 8.67. The second-order valence-corrected chi connectivity index (χ2v) is 7.50. The van der Waals surface area contributed by atoms with Crippen molar-refractivity contribution in [1.82, 2.24) is 4.90 Å². The van der Waals surface area contributed by atoms with Crippen LogP contribution in [0.2, 0.25) is 0 Å². The fourth-order valence-corrected chi connectivity index (χ4v) is 3.48. The number of fused-ring (bicyclic) bond motifs is 2. The summed E-state index contributed by atoms with van der Waals surface area (Å²) in [4.78, 5) is 26.5. The van der Waals surface area contributed by atoms with Gasteiger partial charge < -0.3 is 15.0 Å².